The molecule has 0 saturated heterocycles. The van der Waals surface area contributed by atoms with Gasteiger partial charge >= 0.3 is 0 Å². The quantitative estimate of drug-likeness (QED) is 0.423. The van der Waals surface area contributed by atoms with E-state index < -0.39 is 6.29 Å². The van der Waals surface area contributed by atoms with Crippen LogP contribution in [0.5, 0.6) is 11.6 Å². The van der Waals surface area contributed by atoms with Crippen LogP contribution in [-0.4, -0.2) is 17.6 Å². The molecule has 0 bridgehead atoms. The molecule has 22 heavy (non-hydrogen) atoms. The summed E-state index contributed by atoms with van der Waals surface area (Å²) in [6.45, 7) is 11.2. The zero-order valence-electron chi connectivity index (χ0n) is 13.4. The summed E-state index contributed by atoms with van der Waals surface area (Å²) in [6.07, 6.45) is 7.00. The third-order valence-electron chi connectivity index (χ3n) is 2.77. The van der Waals surface area contributed by atoms with Crippen LogP contribution in [0, 0.1) is 0 Å². The Morgan fingerprint density at radius 1 is 1.05 bits per heavy atom. The lowest BCUT2D eigenvalue weighted by Gasteiger charge is -2.19. The molecule has 1 rings (SSSR count). The summed E-state index contributed by atoms with van der Waals surface area (Å²) in [5.74, 6) is 1.06. The molecule has 0 aromatic carbocycles. The lowest BCUT2D eigenvalue weighted by Crippen LogP contribution is -2.19. The normalized spacial score (nSPS) is 12.8. The molecule has 1 aromatic heterocycles. The number of nitrogens with zero attached hydrogens (tertiary/aromatic N) is 1. The van der Waals surface area contributed by atoms with E-state index in [1.165, 1.54) is 12.5 Å². The molecule has 5 nitrogen and oxygen atoms in total. The maximum absolute atomic E-state index is 5.76. The zero-order valence-corrected chi connectivity index (χ0v) is 13.4. The summed E-state index contributed by atoms with van der Waals surface area (Å²) in [4.78, 5) is 4.17. The van der Waals surface area contributed by atoms with Gasteiger partial charge in [-0.05, 0) is 18.9 Å². The summed E-state index contributed by atoms with van der Waals surface area (Å²) >= 11 is 0. The van der Waals surface area contributed by atoms with Gasteiger partial charge in [-0.15, -0.1) is 0 Å². The minimum absolute atomic E-state index is 0.367. The summed E-state index contributed by atoms with van der Waals surface area (Å²) in [6, 6.07) is 3.47. The molecular formula is C17H25NO4. The van der Waals surface area contributed by atoms with Crippen molar-refractivity contribution >= 4 is 0 Å². The number of hydrogen-bond donors (Lipinski definition) is 0. The van der Waals surface area contributed by atoms with Crippen molar-refractivity contribution in [2.75, 3.05) is 0 Å². The Bertz CT molecular complexity index is 413. The van der Waals surface area contributed by atoms with E-state index in [0.717, 1.165) is 25.7 Å². The molecule has 0 saturated carbocycles. The Morgan fingerprint density at radius 3 is 2.18 bits per heavy atom. The third kappa shape index (κ3) is 6.52. The Hall–Kier alpha value is -2.17. The molecule has 0 fully saturated rings. The van der Waals surface area contributed by atoms with Gasteiger partial charge in [-0.25, -0.2) is 4.98 Å². The monoisotopic (exact) mass is 307 g/mol. The van der Waals surface area contributed by atoms with Gasteiger partial charge in [-0.1, -0.05) is 27.0 Å². The van der Waals surface area contributed by atoms with Crippen LogP contribution in [0.1, 0.15) is 39.5 Å². The highest BCUT2D eigenvalue weighted by atomic mass is 16.7. The first kappa shape index (κ1) is 17.9. The summed E-state index contributed by atoms with van der Waals surface area (Å²) in [7, 11) is 0. The number of pyridine rings is 1. The fourth-order valence-electron chi connectivity index (χ4n) is 1.81. The maximum atomic E-state index is 5.76. The molecule has 0 spiro atoms. The molecule has 0 aliphatic rings. The van der Waals surface area contributed by atoms with Gasteiger partial charge in [0, 0.05) is 25.1 Å². The SMILES string of the molecule is C=COC(CCC)Oc1ccnc(OC(CCC)OC=C)c1. The van der Waals surface area contributed by atoms with E-state index in [4.69, 9.17) is 18.9 Å². The largest absolute Gasteiger partial charge is 0.463 e. The third-order valence-corrected chi connectivity index (χ3v) is 2.77. The fourth-order valence-corrected chi connectivity index (χ4v) is 1.81. The van der Waals surface area contributed by atoms with Crippen molar-refractivity contribution in [3.05, 3.63) is 44.0 Å². The van der Waals surface area contributed by atoms with Crippen molar-refractivity contribution in [3.63, 3.8) is 0 Å². The van der Waals surface area contributed by atoms with Crippen LogP contribution in [0.3, 0.4) is 0 Å². The van der Waals surface area contributed by atoms with Crippen LogP contribution in [0.15, 0.2) is 44.0 Å². The standard InChI is InChI=1S/C17H25NO4/c1-5-9-16(19-7-3)21-14-11-12-18-15(13-14)22-17(10-6-2)20-8-4/h7-8,11-13,16-17H,3-6,9-10H2,1-2H3. The number of rotatable bonds is 12. The second kappa shape index (κ2) is 10.5. The molecule has 2 unspecified atom stereocenters. The molecule has 1 heterocycles. The maximum Gasteiger partial charge on any atom is 0.242 e. The van der Waals surface area contributed by atoms with E-state index in [-0.39, 0.29) is 6.29 Å². The van der Waals surface area contributed by atoms with Crippen LogP contribution >= 0.6 is 0 Å². The van der Waals surface area contributed by atoms with Gasteiger partial charge in [0.2, 0.25) is 18.5 Å². The minimum Gasteiger partial charge on any atom is -0.463 e. The van der Waals surface area contributed by atoms with E-state index >= 15 is 0 Å². The van der Waals surface area contributed by atoms with Crippen LogP contribution in [0.2, 0.25) is 0 Å². The van der Waals surface area contributed by atoms with Crippen LogP contribution in [0.4, 0.5) is 0 Å². The first-order valence-corrected chi connectivity index (χ1v) is 7.55. The molecule has 0 aliphatic carbocycles. The molecule has 0 aliphatic heterocycles. The summed E-state index contributed by atoms with van der Waals surface area (Å²) < 4.78 is 22.1. The van der Waals surface area contributed by atoms with E-state index in [1.54, 1.807) is 18.3 Å². The van der Waals surface area contributed by atoms with Gasteiger partial charge in [0.25, 0.3) is 0 Å². The van der Waals surface area contributed by atoms with Gasteiger partial charge in [0.1, 0.15) is 5.75 Å². The van der Waals surface area contributed by atoms with E-state index in [0.29, 0.717) is 11.6 Å². The highest BCUT2D eigenvalue weighted by molar-refractivity contribution is 5.26. The highest BCUT2D eigenvalue weighted by Gasteiger charge is 2.13. The van der Waals surface area contributed by atoms with Crippen molar-refractivity contribution in [3.8, 4) is 11.6 Å². The summed E-state index contributed by atoms with van der Waals surface area (Å²) in [5, 5.41) is 0. The second-order valence-electron chi connectivity index (χ2n) is 4.61. The first-order valence-electron chi connectivity index (χ1n) is 7.55. The van der Waals surface area contributed by atoms with Crippen molar-refractivity contribution in [2.24, 2.45) is 0 Å². The average Bonchev–Trinajstić information content (AvgIpc) is 2.49. The van der Waals surface area contributed by atoms with Crippen LogP contribution in [0.25, 0.3) is 0 Å². The smallest absolute Gasteiger partial charge is 0.242 e. The van der Waals surface area contributed by atoms with Crippen molar-refractivity contribution in [1.29, 1.82) is 0 Å². The van der Waals surface area contributed by atoms with Crippen molar-refractivity contribution in [1.82, 2.24) is 4.98 Å². The van der Waals surface area contributed by atoms with E-state index in [1.807, 2.05) is 0 Å². The Labute approximate surface area is 132 Å². The van der Waals surface area contributed by atoms with Crippen molar-refractivity contribution in [2.45, 2.75) is 52.1 Å². The lowest BCUT2D eigenvalue weighted by atomic mass is 10.3. The zero-order chi connectivity index (χ0) is 16.2. The van der Waals surface area contributed by atoms with E-state index in [2.05, 4.69) is 32.0 Å². The minimum atomic E-state index is -0.402. The number of aromatic nitrogens is 1. The predicted molar refractivity (Wildman–Crippen MR) is 85.4 cm³/mol. The Morgan fingerprint density at radius 2 is 1.64 bits per heavy atom. The van der Waals surface area contributed by atoms with Gasteiger partial charge in [0.05, 0.1) is 12.5 Å². The van der Waals surface area contributed by atoms with Gasteiger partial charge in [0.15, 0.2) is 0 Å². The molecule has 2 atom stereocenters. The molecule has 0 N–H and O–H groups in total. The van der Waals surface area contributed by atoms with Gasteiger partial charge < -0.3 is 18.9 Å². The van der Waals surface area contributed by atoms with Crippen molar-refractivity contribution < 1.29 is 18.9 Å². The Balaban J connectivity index is 2.70. The molecule has 0 amide bonds. The average molecular weight is 307 g/mol. The second-order valence-corrected chi connectivity index (χ2v) is 4.61. The number of hydrogen-bond acceptors (Lipinski definition) is 5. The molecule has 5 heteroatoms. The topological polar surface area (TPSA) is 49.8 Å². The molecule has 122 valence electrons. The van der Waals surface area contributed by atoms with Gasteiger partial charge in [-0.3, -0.25) is 0 Å². The molecular weight excluding hydrogens is 282 g/mol. The van der Waals surface area contributed by atoms with Crippen LogP contribution in [-0.2, 0) is 9.47 Å². The number of ether oxygens (including phenoxy) is 4. The van der Waals surface area contributed by atoms with Crippen LogP contribution < -0.4 is 9.47 Å². The highest BCUT2D eigenvalue weighted by Crippen LogP contribution is 2.21. The Kier molecular flexibility index (Phi) is 8.57. The summed E-state index contributed by atoms with van der Waals surface area (Å²) in [5.41, 5.74) is 0. The van der Waals surface area contributed by atoms with Gasteiger partial charge in [-0.2, -0.15) is 0 Å². The molecule has 1 aromatic rings. The lowest BCUT2D eigenvalue weighted by molar-refractivity contribution is -0.0412. The van der Waals surface area contributed by atoms with E-state index in [9.17, 15) is 0 Å². The molecule has 0 radical (unpaired) electrons. The first-order chi connectivity index (χ1) is 10.7. The predicted octanol–water partition coefficient (Wildman–Crippen LogP) is 4.41. The fraction of sp³-hybridized carbons (Fsp3) is 0.471.